The molecule has 3 aliphatic heterocycles. The Bertz CT molecular complexity index is 1960. The van der Waals surface area contributed by atoms with E-state index in [1.807, 2.05) is 14.1 Å². The number of rotatable bonds is 8. The second-order valence-corrected chi connectivity index (χ2v) is 14.8. The summed E-state index contributed by atoms with van der Waals surface area (Å²) in [5, 5.41) is 21.2. The van der Waals surface area contributed by atoms with E-state index in [0.717, 1.165) is 38.8 Å². The third-order valence-corrected chi connectivity index (χ3v) is 11.5. The molecule has 0 radical (unpaired) electrons. The van der Waals surface area contributed by atoms with Crippen LogP contribution in [0.1, 0.15) is 49.3 Å². The maximum absolute atomic E-state index is 17.4. The van der Waals surface area contributed by atoms with Crippen molar-refractivity contribution in [2.45, 2.75) is 69.5 Å². The van der Waals surface area contributed by atoms with Crippen LogP contribution in [-0.4, -0.2) is 88.9 Å². The van der Waals surface area contributed by atoms with Gasteiger partial charge in [0.25, 0.3) is 0 Å². The molecule has 47 heavy (non-hydrogen) atoms. The number of nitrogens with zero attached hydrogens (tertiary/aromatic N) is 6. The Morgan fingerprint density at radius 2 is 1.87 bits per heavy atom. The number of nitrogen functional groups attached to an aromatic ring is 1. The normalized spacial score (nSPS) is 22.3. The molecule has 1 saturated carbocycles. The molecular formula is C34H37F2N7O3S. The van der Waals surface area contributed by atoms with Crippen LogP contribution in [0.2, 0.25) is 0 Å². The molecule has 1 aliphatic carbocycles. The molecule has 2 saturated heterocycles. The summed E-state index contributed by atoms with van der Waals surface area (Å²) in [5.41, 5.74) is 7.50. The molecule has 13 heteroatoms. The highest BCUT2D eigenvalue weighted by molar-refractivity contribution is 7.23. The summed E-state index contributed by atoms with van der Waals surface area (Å²) in [7, 11) is 4.04. The average molecular weight is 662 g/mol. The zero-order valence-electron chi connectivity index (χ0n) is 26.6. The zero-order valence-corrected chi connectivity index (χ0v) is 27.5. The van der Waals surface area contributed by atoms with Gasteiger partial charge in [0, 0.05) is 52.9 Å². The van der Waals surface area contributed by atoms with Crippen LogP contribution in [0, 0.1) is 23.0 Å². The highest BCUT2D eigenvalue weighted by Gasteiger charge is 2.47. The summed E-state index contributed by atoms with van der Waals surface area (Å²) >= 11 is 1.17. The summed E-state index contributed by atoms with van der Waals surface area (Å²) in [4.78, 5) is 16.4. The second kappa shape index (κ2) is 11.2. The number of fused-ring (bicyclic) bond motifs is 6. The Morgan fingerprint density at radius 1 is 1.15 bits per heavy atom. The number of aromatic nitrogens is 2. The molecule has 0 amide bonds. The fourth-order valence-electron chi connectivity index (χ4n) is 7.97. The van der Waals surface area contributed by atoms with Gasteiger partial charge < -0.3 is 30.1 Å². The predicted octanol–water partition coefficient (Wildman–Crippen LogP) is 4.78. The number of hydrogen-bond acceptors (Lipinski definition) is 11. The third kappa shape index (κ3) is 4.84. The summed E-state index contributed by atoms with van der Waals surface area (Å²) in [5.74, 6) is -0.752. The van der Waals surface area contributed by atoms with Gasteiger partial charge in [-0.05, 0) is 70.0 Å². The van der Waals surface area contributed by atoms with Gasteiger partial charge in [-0.15, -0.1) is 11.3 Å². The first-order valence-corrected chi connectivity index (χ1v) is 16.9. The minimum absolute atomic E-state index is 0.00729. The molecule has 2 aromatic heterocycles. The highest BCUT2D eigenvalue weighted by Crippen LogP contribution is 2.49. The number of hydrogen-bond donors (Lipinski definition) is 2. The van der Waals surface area contributed by atoms with E-state index in [0.29, 0.717) is 45.6 Å². The van der Waals surface area contributed by atoms with Crippen molar-refractivity contribution < 1.29 is 23.4 Å². The minimum atomic E-state index is -0.702. The van der Waals surface area contributed by atoms with E-state index in [4.69, 9.17) is 25.2 Å². The van der Waals surface area contributed by atoms with E-state index in [-0.39, 0.29) is 64.1 Å². The molecule has 3 N–H and O–H groups in total. The van der Waals surface area contributed by atoms with Crippen molar-refractivity contribution >= 4 is 43.1 Å². The van der Waals surface area contributed by atoms with Crippen LogP contribution in [0.15, 0.2) is 12.1 Å². The smallest absolute Gasteiger partial charge is 0.319 e. The summed E-state index contributed by atoms with van der Waals surface area (Å²) < 4.78 is 46.2. The number of nitriles is 1. The lowest BCUT2D eigenvalue weighted by molar-refractivity contribution is 0.111. The van der Waals surface area contributed by atoms with Crippen LogP contribution < -0.4 is 15.4 Å². The SMILES string of the molecule is CC(O)CN1CC2CCC(C1)N2c1nc(OCC2(N(C)C)CC2)nc2c(F)c(-c3c(F)ccc4sc(N)c(C#N)c34)c3c(c12)COC3. The molecule has 8 rings (SSSR count). The zero-order chi connectivity index (χ0) is 32.8. The van der Waals surface area contributed by atoms with E-state index in [2.05, 4.69) is 20.8 Å². The fourth-order valence-corrected chi connectivity index (χ4v) is 8.90. The molecule has 0 spiro atoms. The standard InChI is InChI=1S/C34H37F2N7O3S/c1-17(44)11-42-12-18-4-5-19(13-42)43(18)32-27-22-15-45-14-21(22)26(28-23(35)6-7-24-25(28)20(10-37)31(38)47-24)29(36)30(27)39-33(40-32)46-16-34(8-9-34)41(2)3/h6-7,17-19,44H,4-5,8-9,11-16,38H2,1-3H3. The summed E-state index contributed by atoms with van der Waals surface area (Å²) in [6.45, 7) is 4.50. The Hall–Kier alpha value is -3.67. The Kier molecular flexibility index (Phi) is 7.31. The predicted molar refractivity (Wildman–Crippen MR) is 176 cm³/mol. The van der Waals surface area contributed by atoms with Gasteiger partial charge in [-0.2, -0.15) is 15.2 Å². The van der Waals surface area contributed by atoms with Gasteiger partial charge in [0.2, 0.25) is 0 Å². The fraction of sp³-hybridized carbons (Fsp3) is 0.500. The number of halogens is 2. The molecule has 3 unspecified atom stereocenters. The number of thiophene rings is 1. The first-order valence-electron chi connectivity index (χ1n) is 16.1. The largest absolute Gasteiger partial charge is 0.461 e. The van der Waals surface area contributed by atoms with E-state index in [1.54, 1.807) is 13.0 Å². The lowest BCUT2D eigenvalue weighted by atomic mass is 9.90. The Morgan fingerprint density at radius 3 is 2.53 bits per heavy atom. The van der Waals surface area contributed by atoms with Gasteiger partial charge in [0.1, 0.15) is 34.8 Å². The molecule has 3 atom stereocenters. The van der Waals surface area contributed by atoms with Crippen molar-refractivity contribution in [3.8, 4) is 23.2 Å². The average Bonchev–Trinajstić information content (AvgIpc) is 3.43. The van der Waals surface area contributed by atoms with Gasteiger partial charge in [-0.1, -0.05) is 0 Å². The third-order valence-electron chi connectivity index (χ3n) is 10.5. The van der Waals surface area contributed by atoms with Crippen LogP contribution in [0.5, 0.6) is 6.01 Å². The number of aliphatic hydroxyl groups excluding tert-OH is 1. The number of nitrogens with two attached hydrogens (primary N) is 1. The lowest BCUT2D eigenvalue weighted by Gasteiger charge is -2.42. The van der Waals surface area contributed by atoms with Gasteiger partial charge in [0.15, 0.2) is 5.82 Å². The van der Waals surface area contributed by atoms with Crippen molar-refractivity contribution in [3.63, 3.8) is 0 Å². The number of anilines is 2. The van der Waals surface area contributed by atoms with E-state index in [1.165, 1.54) is 17.4 Å². The van der Waals surface area contributed by atoms with Gasteiger partial charge >= 0.3 is 6.01 Å². The number of piperazine rings is 1. The molecule has 246 valence electrons. The van der Waals surface area contributed by atoms with Crippen LogP contribution in [0.4, 0.5) is 19.6 Å². The van der Waals surface area contributed by atoms with Crippen LogP contribution >= 0.6 is 11.3 Å². The number of likely N-dealkylation sites (tertiary alicyclic amines) is 1. The first-order chi connectivity index (χ1) is 22.6. The van der Waals surface area contributed by atoms with Crippen LogP contribution in [0.25, 0.3) is 32.1 Å². The number of benzene rings is 2. The number of ether oxygens (including phenoxy) is 2. The summed E-state index contributed by atoms with van der Waals surface area (Å²) in [6.07, 6.45) is 3.40. The molecule has 2 aromatic carbocycles. The molecule has 2 bridgehead atoms. The van der Waals surface area contributed by atoms with Crippen molar-refractivity contribution in [2.24, 2.45) is 0 Å². The highest BCUT2D eigenvalue weighted by atomic mass is 32.1. The number of aliphatic hydroxyl groups is 1. The Labute approximate surface area is 275 Å². The molecule has 4 aliphatic rings. The van der Waals surface area contributed by atoms with Crippen LogP contribution in [-0.2, 0) is 18.0 Å². The number of β-amino-alcohol motifs (C(OH)–C–C–N with tert-alkyl or cyclic N) is 1. The quantitative estimate of drug-likeness (QED) is 0.273. The van der Waals surface area contributed by atoms with E-state index >= 15 is 8.78 Å². The number of likely N-dealkylation sites (N-methyl/N-ethyl adjacent to an activating group) is 1. The van der Waals surface area contributed by atoms with Crippen molar-refractivity contribution in [1.29, 1.82) is 5.26 Å². The van der Waals surface area contributed by atoms with Crippen molar-refractivity contribution in [2.75, 3.05) is 51.0 Å². The minimum Gasteiger partial charge on any atom is -0.461 e. The van der Waals surface area contributed by atoms with Gasteiger partial charge in [-0.25, -0.2) is 8.78 Å². The molecule has 10 nitrogen and oxygen atoms in total. The van der Waals surface area contributed by atoms with E-state index < -0.39 is 17.7 Å². The lowest BCUT2D eigenvalue weighted by Crippen LogP contribution is -2.55. The molecule has 5 heterocycles. The van der Waals surface area contributed by atoms with Crippen molar-refractivity contribution in [1.82, 2.24) is 19.8 Å². The monoisotopic (exact) mass is 661 g/mol. The van der Waals surface area contributed by atoms with Crippen molar-refractivity contribution in [3.05, 3.63) is 40.5 Å². The molecular weight excluding hydrogens is 624 g/mol. The van der Waals surface area contributed by atoms with E-state index in [9.17, 15) is 10.4 Å². The van der Waals surface area contributed by atoms with Gasteiger partial charge in [-0.3, -0.25) is 4.90 Å². The topological polar surface area (TPSA) is 124 Å². The molecule has 3 fully saturated rings. The molecule has 4 aromatic rings. The maximum Gasteiger partial charge on any atom is 0.319 e. The Balaban J connectivity index is 1.35. The summed E-state index contributed by atoms with van der Waals surface area (Å²) in [6, 6.07) is 5.26. The second-order valence-electron chi connectivity index (χ2n) is 13.7. The first kappa shape index (κ1) is 30.7. The maximum atomic E-state index is 17.4. The van der Waals surface area contributed by atoms with Crippen LogP contribution in [0.3, 0.4) is 0 Å². The van der Waals surface area contributed by atoms with Gasteiger partial charge in [0.05, 0.1) is 35.8 Å².